The molecule has 0 atom stereocenters. The zero-order chi connectivity index (χ0) is 20.3. The van der Waals surface area contributed by atoms with Gasteiger partial charge in [-0.3, -0.25) is 0 Å². The molecule has 144 valence electrons. The third-order valence-electron chi connectivity index (χ3n) is 5.33. The summed E-state index contributed by atoms with van der Waals surface area (Å²) in [5.41, 5.74) is 6.12. The molecule has 0 spiro atoms. The number of phenolic OH excluding ortho intramolecular Hbond substituents is 1. The third-order valence-corrected chi connectivity index (χ3v) is 5.33. The number of hydrogen-bond acceptors (Lipinski definition) is 2. The standard InChI is InChI=1S/C27H20N2O/c30-27-23(15-19-5-2-1-3-6-19)13-12-22-11-9-20(16-24(22)27)7-4-8-21-10-14-25-26(17-21)29-18-28-25/h1-3,5-6,9-14,16-18,30H,8,15H2,(H,28,29). The summed E-state index contributed by atoms with van der Waals surface area (Å²) in [6, 6.07) is 26.4. The molecule has 2 N–H and O–H groups in total. The number of fused-ring (bicyclic) bond motifs is 2. The highest BCUT2D eigenvalue weighted by Gasteiger charge is 2.08. The zero-order valence-corrected chi connectivity index (χ0v) is 16.4. The lowest BCUT2D eigenvalue weighted by molar-refractivity contribution is 0.476. The number of rotatable bonds is 3. The summed E-state index contributed by atoms with van der Waals surface area (Å²) < 4.78 is 0. The molecule has 1 aromatic heterocycles. The van der Waals surface area contributed by atoms with Crippen LogP contribution in [0.5, 0.6) is 5.75 Å². The highest BCUT2D eigenvalue weighted by atomic mass is 16.3. The molecule has 0 saturated heterocycles. The number of aromatic amines is 1. The molecule has 0 fully saturated rings. The molecule has 0 aliphatic carbocycles. The fourth-order valence-corrected chi connectivity index (χ4v) is 3.72. The normalized spacial score (nSPS) is 10.8. The Kier molecular flexibility index (Phi) is 4.67. The summed E-state index contributed by atoms with van der Waals surface area (Å²) in [4.78, 5) is 7.40. The van der Waals surface area contributed by atoms with Crippen LogP contribution in [0.3, 0.4) is 0 Å². The van der Waals surface area contributed by atoms with Gasteiger partial charge in [0, 0.05) is 23.8 Å². The van der Waals surface area contributed by atoms with E-state index >= 15 is 0 Å². The van der Waals surface area contributed by atoms with E-state index in [0.29, 0.717) is 18.6 Å². The van der Waals surface area contributed by atoms with E-state index in [2.05, 4.69) is 52.1 Å². The van der Waals surface area contributed by atoms with Crippen molar-refractivity contribution in [3.05, 3.63) is 107 Å². The van der Waals surface area contributed by atoms with Crippen LogP contribution in [0.25, 0.3) is 21.8 Å². The second-order valence-electron chi connectivity index (χ2n) is 7.40. The maximum atomic E-state index is 10.9. The second kappa shape index (κ2) is 7.77. The number of hydrogen-bond donors (Lipinski definition) is 2. The largest absolute Gasteiger partial charge is 0.507 e. The summed E-state index contributed by atoms with van der Waals surface area (Å²) in [7, 11) is 0. The van der Waals surface area contributed by atoms with Gasteiger partial charge in [-0.25, -0.2) is 4.98 Å². The SMILES string of the molecule is Oc1c(Cc2ccccc2)ccc2ccc(C#CCc3ccc4[nH]cnc4c3)cc12. The Morgan fingerprint density at radius 2 is 1.73 bits per heavy atom. The Labute approximate surface area is 175 Å². The predicted octanol–water partition coefficient (Wildman–Crippen LogP) is 5.61. The van der Waals surface area contributed by atoms with Crippen molar-refractivity contribution in [2.24, 2.45) is 0 Å². The van der Waals surface area contributed by atoms with Crippen molar-refractivity contribution < 1.29 is 5.11 Å². The first-order valence-electron chi connectivity index (χ1n) is 9.96. The Bertz CT molecular complexity index is 1410. The number of aromatic nitrogens is 2. The maximum Gasteiger partial charge on any atom is 0.126 e. The average molecular weight is 388 g/mol. The molecule has 1 heterocycles. The van der Waals surface area contributed by atoms with Gasteiger partial charge in [0.25, 0.3) is 0 Å². The lowest BCUT2D eigenvalue weighted by Gasteiger charge is -2.09. The molecule has 5 rings (SSSR count). The van der Waals surface area contributed by atoms with Gasteiger partial charge in [0.1, 0.15) is 5.75 Å². The van der Waals surface area contributed by atoms with Gasteiger partial charge >= 0.3 is 0 Å². The van der Waals surface area contributed by atoms with E-state index in [1.807, 2.05) is 48.5 Å². The second-order valence-corrected chi connectivity index (χ2v) is 7.40. The van der Waals surface area contributed by atoms with Crippen molar-refractivity contribution in [1.82, 2.24) is 9.97 Å². The Morgan fingerprint density at radius 1 is 0.867 bits per heavy atom. The van der Waals surface area contributed by atoms with Crippen LogP contribution in [-0.2, 0) is 12.8 Å². The van der Waals surface area contributed by atoms with Crippen molar-refractivity contribution in [1.29, 1.82) is 0 Å². The molecule has 3 nitrogen and oxygen atoms in total. The molecule has 0 saturated carbocycles. The van der Waals surface area contributed by atoms with Crippen molar-refractivity contribution >= 4 is 21.8 Å². The number of nitrogens with one attached hydrogen (secondary N) is 1. The van der Waals surface area contributed by atoms with Crippen molar-refractivity contribution in [3.8, 4) is 17.6 Å². The fourth-order valence-electron chi connectivity index (χ4n) is 3.72. The molecule has 0 aliphatic rings. The number of H-pyrrole nitrogens is 1. The lowest BCUT2D eigenvalue weighted by atomic mass is 9.98. The number of benzene rings is 4. The van der Waals surface area contributed by atoms with Gasteiger partial charge in [-0.15, -0.1) is 0 Å². The van der Waals surface area contributed by atoms with Crippen molar-refractivity contribution in [3.63, 3.8) is 0 Å². The molecule has 0 amide bonds. The van der Waals surface area contributed by atoms with Crippen LogP contribution < -0.4 is 0 Å². The van der Waals surface area contributed by atoms with E-state index in [9.17, 15) is 5.11 Å². The quantitative estimate of drug-likeness (QED) is 0.395. The van der Waals surface area contributed by atoms with Gasteiger partial charge in [-0.1, -0.05) is 66.4 Å². The minimum Gasteiger partial charge on any atom is -0.507 e. The van der Waals surface area contributed by atoms with Crippen LogP contribution in [0.2, 0.25) is 0 Å². The molecule has 0 bridgehead atoms. The summed E-state index contributed by atoms with van der Waals surface area (Å²) in [6.45, 7) is 0. The molecular formula is C27H20N2O. The average Bonchev–Trinajstić information content (AvgIpc) is 3.25. The van der Waals surface area contributed by atoms with E-state index < -0.39 is 0 Å². The molecule has 3 heteroatoms. The highest BCUT2D eigenvalue weighted by molar-refractivity contribution is 5.90. The van der Waals surface area contributed by atoms with Crippen LogP contribution >= 0.6 is 0 Å². The molecule has 0 unspecified atom stereocenters. The van der Waals surface area contributed by atoms with Crippen molar-refractivity contribution in [2.75, 3.05) is 0 Å². The number of imidazole rings is 1. The van der Waals surface area contributed by atoms with Gasteiger partial charge in [0.2, 0.25) is 0 Å². The summed E-state index contributed by atoms with van der Waals surface area (Å²) in [6.07, 6.45) is 3.06. The first-order valence-corrected chi connectivity index (χ1v) is 9.96. The van der Waals surface area contributed by atoms with E-state index in [1.165, 1.54) is 5.56 Å². The molecule has 5 aromatic rings. The monoisotopic (exact) mass is 388 g/mol. The fraction of sp³-hybridized carbons (Fsp3) is 0.0741. The molecular weight excluding hydrogens is 368 g/mol. The van der Waals surface area contributed by atoms with Gasteiger partial charge in [-0.05, 0) is 46.3 Å². The molecule has 0 aliphatic heterocycles. The summed E-state index contributed by atoms with van der Waals surface area (Å²) in [5, 5.41) is 12.7. The minimum absolute atomic E-state index is 0.337. The Balaban J connectivity index is 1.41. The van der Waals surface area contributed by atoms with Gasteiger partial charge < -0.3 is 10.1 Å². The first-order chi connectivity index (χ1) is 14.8. The van der Waals surface area contributed by atoms with Crippen LogP contribution in [0.4, 0.5) is 0 Å². The van der Waals surface area contributed by atoms with E-state index in [4.69, 9.17) is 0 Å². The van der Waals surface area contributed by atoms with E-state index in [0.717, 1.165) is 38.5 Å². The smallest absolute Gasteiger partial charge is 0.126 e. The van der Waals surface area contributed by atoms with Crippen molar-refractivity contribution in [2.45, 2.75) is 12.8 Å². The summed E-state index contributed by atoms with van der Waals surface area (Å²) >= 11 is 0. The molecule has 30 heavy (non-hydrogen) atoms. The first kappa shape index (κ1) is 18.0. The Hall–Kier alpha value is -4.03. The zero-order valence-electron chi connectivity index (χ0n) is 16.4. The van der Waals surface area contributed by atoms with Crippen LogP contribution in [0.15, 0.2) is 85.2 Å². The third kappa shape index (κ3) is 3.64. The van der Waals surface area contributed by atoms with Crippen LogP contribution in [0, 0.1) is 11.8 Å². The van der Waals surface area contributed by atoms with Crippen LogP contribution in [-0.4, -0.2) is 15.1 Å². The Morgan fingerprint density at radius 3 is 2.63 bits per heavy atom. The maximum absolute atomic E-state index is 10.9. The van der Waals surface area contributed by atoms with E-state index in [1.54, 1.807) is 6.33 Å². The molecule has 4 aromatic carbocycles. The lowest BCUT2D eigenvalue weighted by Crippen LogP contribution is -1.90. The molecule has 0 radical (unpaired) electrons. The van der Waals surface area contributed by atoms with Gasteiger partial charge in [0.05, 0.1) is 17.4 Å². The van der Waals surface area contributed by atoms with E-state index in [-0.39, 0.29) is 0 Å². The number of aromatic hydroxyl groups is 1. The number of nitrogens with zero attached hydrogens (tertiary/aromatic N) is 1. The number of phenols is 1. The minimum atomic E-state index is 0.337. The highest BCUT2D eigenvalue weighted by Crippen LogP contribution is 2.31. The predicted molar refractivity (Wildman–Crippen MR) is 122 cm³/mol. The topological polar surface area (TPSA) is 48.9 Å². The van der Waals surface area contributed by atoms with Gasteiger partial charge in [-0.2, -0.15) is 0 Å². The van der Waals surface area contributed by atoms with Crippen LogP contribution in [0.1, 0.15) is 22.3 Å². The van der Waals surface area contributed by atoms with Gasteiger partial charge in [0.15, 0.2) is 0 Å². The summed E-state index contributed by atoms with van der Waals surface area (Å²) in [5.74, 6) is 6.82.